The van der Waals surface area contributed by atoms with E-state index in [0.29, 0.717) is 6.04 Å². The Labute approximate surface area is 159 Å². The number of anilines is 1. The van der Waals surface area contributed by atoms with Crippen molar-refractivity contribution in [2.45, 2.75) is 44.7 Å². The van der Waals surface area contributed by atoms with E-state index in [9.17, 15) is 4.79 Å². The van der Waals surface area contributed by atoms with Gasteiger partial charge in [-0.25, -0.2) is 4.68 Å². The highest BCUT2D eigenvalue weighted by atomic mass is 16.2. The Balaban J connectivity index is 1.35. The smallest absolute Gasteiger partial charge is 0.239 e. The van der Waals surface area contributed by atoms with Crippen molar-refractivity contribution in [3.05, 3.63) is 60.3 Å². The first-order chi connectivity index (χ1) is 13.2. The highest BCUT2D eigenvalue weighted by Crippen LogP contribution is 2.31. The molecule has 0 bridgehead atoms. The lowest BCUT2D eigenvalue weighted by atomic mass is 10.0. The van der Waals surface area contributed by atoms with Gasteiger partial charge in [0.15, 0.2) is 0 Å². The fraction of sp³-hybridized carbons (Fsp3) is 0.364. The van der Waals surface area contributed by atoms with E-state index in [1.807, 2.05) is 22.9 Å². The SMILES string of the molecule is C[C@H](NCC(=O)Nc1ccnn1C1CCCC1)c1ccc2ccccc2c1. The average molecular weight is 362 g/mol. The van der Waals surface area contributed by atoms with Crippen LogP contribution in [0.15, 0.2) is 54.7 Å². The number of nitrogens with one attached hydrogen (secondary N) is 2. The monoisotopic (exact) mass is 362 g/mol. The summed E-state index contributed by atoms with van der Waals surface area (Å²) in [7, 11) is 0. The van der Waals surface area contributed by atoms with Crippen LogP contribution < -0.4 is 10.6 Å². The second-order valence-electron chi connectivity index (χ2n) is 7.36. The number of rotatable bonds is 6. The van der Waals surface area contributed by atoms with Gasteiger partial charge in [-0.2, -0.15) is 5.10 Å². The Morgan fingerprint density at radius 3 is 2.74 bits per heavy atom. The van der Waals surface area contributed by atoms with Crippen LogP contribution in [0, 0.1) is 0 Å². The number of hydrogen-bond acceptors (Lipinski definition) is 3. The molecule has 0 radical (unpaired) electrons. The lowest BCUT2D eigenvalue weighted by molar-refractivity contribution is -0.115. The summed E-state index contributed by atoms with van der Waals surface area (Å²) in [5.74, 6) is 0.759. The molecule has 0 aliphatic heterocycles. The number of fused-ring (bicyclic) bond motifs is 1. The molecule has 4 rings (SSSR count). The van der Waals surface area contributed by atoms with Crippen molar-refractivity contribution in [1.29, 1.82) is 0 Å². The van der Waals surface area contributed by atoms with Crippen molar-refractivity contribution in [2.24, 2.45) is 0 Å². The molecule has 1 saturated carbocycles. The maximum absolute atomic E-state index is 12.4. The van der Waals surface area contributed by atoms with Gasteiger partial charge in [0.2, 0.25) is 5.91 Å². The molecule has 1 atom stereocenters. The second kappa shape index (κ2) is 7.92. The number of amides is 1. The van der Waals surface area contributed by atoms with E-state index in [1.165, 1.54) is 29.2 Å². The highest BCUT2D eigenvalue weighted by Gasteiger charge is 2.20. The van der Waals surface area contributed by atoms with Crippen LogP contribution in [-0.2, 0) is 4.79 Å². The molecule has 5 heteroatoms. The summed E-state index contributed by atoms with van der Waals surface area (Å²) in [6, 6.07) is 17.1. The first-order valence-electron chi connectivity index (χ1n) is 9.76. The number of benzene rings is 2. The van der Waals surface area contributed by atoms with Gasteiger partial charge < -0.3 is 10.6 Å². The summed E-state index contributed by atoms with van der Waals surface area (Å²) < 4.78 is 1.97. The Morgan fingerprint density at radius 2 is 1.93 bits per heavy atom. The molecule has 1 heterocycles. The van der Waals surface area contributed by atoms with Crippen molar-refractivity contribution in [1.82, 2.24) is 15.1 Å². The molecule has 1 aliphatic carbocycles. The number of carbonyl (C=O) groups is 1. The van der Waals surface area contributed by atoms with Gasteiger partial charge in [0.25, 0.3) is 0 Å². The minimum Gasteiger partial charge on any atom is -0.310 e. The molecule has 2 N–H and O–H groups in total. The maximum atomic E-state index is 12.4. The van der Waals surface area contributed by atoms with Crippen molar-refractivity contribution in [2.75, 3.05) is 11.9 Å². The number of carbonyl (C=O) groups excluding carboxylic acids is 1. The molecule has 140 valence electrons. The van der Waals surface area contributed by atoms with Crippen LogP contribution in [0.4, 0.5) is 5.82 Å². The Kier molecular flexibility index (Phi) is 5.21. The topological polar surface area (TPSA) is 59.0 Å². The molecule has 0 saturated heterocycles. The third-order valence-corrected chi connectivity index (χ3v) is 5.45. The third kappa shape index (κ3) is 4.03. The zero-order chi connectivity index (χ0) is 18.6. The molecule has 1 amide bonds. The quantitative estimate of drug-likeness (QED) is 0.681. The van der Waals surface area contributed by atoms with Gasteiger partial charge in [0.05, 0.1) is 18.8 Å². The molecule has 0 unspecified atom stereocenters. The molecule has 2 aromatic carbocycles. The molecule has 1 fully saturated rings. The van der Waals surface area contributed by atoms with Crippen LogP contribution in [-0.4, -0.2) is 22.2 Å². The third-order valence-electron chi connectivity index (χ3n) is 5.45. The van der Waals surface area contributed by atoms with Crippen molar-refractivity contribution in [3.8, 4) is 0 Å². The van der Waals surface area contributed by atoms with Crippen molar-refractivity contribution >= 4 is 22.5 Å². The minimum atomic E-state index is -0.0395. The van der Waals surface area contributed by atoms with Crippen LogP contribution in [0.3, 0.4) is 0 Å². The standard InChI is InChI=1S/C22H26N4O/c1-16(18-11-10-17-6-2-3-7-19(17)14-18)23-15-22(27)25-21-12-13-24-26(21)20-8-4-5-9-20/h2-3,6-7,10-14,16,20,23H,4-5,8-9,15H2,1H3,(H,25,27)/t16-/m0/s1. The summed E-state index contributed by atoms with van der Waals surface area (Å²) in [5.41, 5.74) is 1.18. The first kappa shape index (κ1) is 17.7. The summed E-state index contributed by atoms with van der Waals surface area (Å²) in [6.07, 6.45) is 6.52. The molecule has 3 aromatic rings. The van der Waals surface area contributed by atoms with Gasteiger partial charge in [-0.3, -0.25) is 4.79 Å². The number of aromatic nitrogens is 2. The van der Waals surface area contributed by atoms with Crippen LogP contribution in [0.25, 0.3) is 10.8 Å². The van der Waals surface area contributed by atoms with E-state index in [2.05, 4.69) is 53.0 Å². The second-order valence-corrected chi connectivity index (χ2v) is 7.36. The lowest BCUT2D eigenvalue weighted by Crippen LogP contribution is -2.31. The molecular weight excluding hydrogens is 336 g/mol. The molecule has 1 aromatic heterocycles. The summed E-state index contributed by atoms with van der Waals surface area (Å²) in [6.45, 7) is 2.35. The van der Waals surface area contributed by atoms with Gasteiger partial charge >= 0.3 is 0 Å². The highest BCUT2D eigenvalue weighted by molar-refractivity contribution is 5.91. The van der Waals surface area contributed by atoms with E-state index in [4.69, 9.17) is 0 Å². The molecule has 0 spiro atoms. The van der Waals surface area contributed by atoms with Crippen LogP contribution >= 0.6 is 0 Å². The van der Waals surface area contributed by atoms with Crippen LogP contribution in [0.2, 0.25) is 0 Å². The van der Waals surface area contributed by atoms with Crippen LogP contribution in [0.5, 0.6) is 0 Å². The maximum Gasteiger partial charge on any atom is 0.239 e. The van der Waals surface area contributed by atoms with Gasteiger partial charge in [-0.1, -0.05) is 49.2 Å². The first-order valence-corrected chi connectivity index (χ1v) is 9.76. The van der Waals surface area contributed by atoms with E-state index in [-0.39, 0.29) is 18.5 Å². The van der Waals surface area contributed by atoms with Crippen molar-refractivity contribution in [3.63, 3.8) is 0 Å². The lowest BCUT2D eigenvalue weighted by Gasteiger charge is -2.17. The summed E-state index contributed by atoms with van der Waals surface area (Å²) >= 11 is 0. The van der Waals surface area contributed by atoms with Crippen molar-refractivity contribution < 1.29 is 4.79 Å². The largest absolute Gasteiger partial charge is 0.310 e. The van der Waals surface area contributed by atoms with E-state index < -0.39 is 0 Å². The zero-order valence-electron chi connectivity index (χ0n) is 15.7. The van der Waals surface area contributed by atoms with E-state index in [0.717, 1.165) is 18.7 Å². The Morgan fingerprint density at radius 1 is 1.15 bits per heavy atom. The molecular formula is C22H26N4O. The number of hydrogen-bond donors (Lipinski definition) is 2. The predicted molar refractivity (Wildman–Crippen MR) is 109 cm³/mol. The molecule has 1 aliphatic rings. The average Bonchev–Trinajstić information content (AvgIpc) is 3.37. The summed E-state index contributed by atoms with van der Waals surface area (Å²) in [5, 5.41) is 13.2. The predicted octanol–water partition coefficient (Wildman–Crippen LogP) is 4.44. The Hall–Kier alpha value is -2.66. The van der Waals surface area contributed by atoms with Gasteiger partial charge in [-0.15, -0.1) is 0 Å². The zero-order valence-corrected chi connectivity index (χ0v) is 15.7. The van der Waals surface area contributed by atoms with Gasteiger partial charge in [-0.05, 0) is 42.2 Å². The van der Waals surface area contributed by atoms with Crippen LogP contribution in [0.1, 0.15) is 50.3 Å². The molecule has 5 nitrogen and oxygen atoms in total. The fourth-order valence-electron chi connectivity index (χ4n) is 3.88. The fourth-order valence-corrected chi connectivity index (χ4v) is 3.88. The van der Waals surface area contributed by atoms with E-state index in [1.54, 1.807) is 6.20 Å². The number of nitrogens with zero attached hydrogens (tertiary/aromatic N) is 2. The van der Waals surface area contributed by atoms with E-state index >= 15 is 0 Å². The Bertz CT molecular complexity index is 927. The normalized spacial score (nSPS) is 15.9. The van der Waals surface area contributed by atoms with Gasteiger partial charge in [0, 0.05) is 12.1 Å². The minimum absolute atomic E-state index is 0.0395. The molecule has 27 heavy (non-hydrogen) atoms. The van der Waals surface area contributed by atoms with Gasteiger partial charge in [0.1, 0.15) is 5.82 Å². The summed E-state index contributed by atoms with van der Waals surface area (Å²) in [4.78, 5) is 12.4.